The molecule has 0 amide bonds. The van der Waals surface area contributed by atoms with Crippen LogP contribution in [0.15, 0.2) is 40.9 Å². The summed E-state index contributed by atoms with van der Waals surface area (Å²) in [6, 6.07) is 11.6. The fraction of sp³-hybridized carbons (Fsp3) is 0.250. The molecule has 104 valence electrons. The van der Waals surface area contributed by atoms with Crippen LogP contribution in [0.25, 0.3) is 0 Å². The number of anilines is 2. The number of hydrogen-bond donors (Lipinski definition) is 1. The van der Waals surface area contributed by atoms with Gasteiger partial charge in [0.2, 0.25) is 0 Å². The van der Waals surface area contributed by atoms with Gasteiger partial charge in [0.15, 0.2) is 0 Å². The van der Waals surface area contributed by atoms with Crippen molar-refractivity contribution in [2.75, 3.05) is 23.8 Å². The summed E-state index contributed by atoms with van der Waals surface area (Å²) >= 11 is 3.20. The molecule has 1 heterocycles. The Kier molecular flexibility index (Phi) is 3.66. The molecular formula is C16H16BrFN2. The summed E-state index contributed by atoms with van der Waals surface area (Å²) < 4.78 is 13.7. The van der Waals surface area contributed by atoms with Crippen LogP contribution in [-0.4, -0.2) is 13.6 Å². The summed E-state index contributed by atoms with van der Waals surface area (Å²) in [5.41, 5.74) is 4.90. The van der Waals surface area contributed by atoms with E-state index in [1.807, 2.05) is 0 Å². The van der Waals surface area contributed by atoms with Crippen LogP contribution < -0.4 is 10.2 Å². The SMILES string of the molecule is CN1CCc2cc(CNc3ccc(F)c(Br)c3)ccc21. The molecule has 1 aliphatic rings. The maximum absolute atomic E-state index is 13.2. The summed E-state index contributed by atoms with van der Waals surface area (Å²) in [5, 5.41) is 3.32. The molecular weight excluding hydrogens is 319 g/mol. The van der Waals surface area contributed by atoms with Gasteiger partial charge >= 0.3 is 0 Å². The average Bonchev–Trinajstić information content (AvgIpc) is 2.81. The van der Waals surface area contributed by atoms with E-state index in [4.69, 9.17) is 0 Å². The second-order valence-corrected chi connectivity index (χ2v) is 5.97. The average molecular weight is 335 g/mol. The van der Waals surface area contributed by atoms with E-state index < -0.39 is 0 Å². The molecule has 0 aromatic heterocycles. The van der Waals surface area contributed by atoms with Crippen molar-refractivity contribution < 1.29 is 4.39 Å². The standard InChI is InChI=1S/C16H16BrFN2/c1-20-7-6-12-8-11(2-5-16(12)20)10-19-13-3-4-15(18)14(17)9-13/h2-5,8-9,19H,6-7,10H2,1H3. The molecule has 3 rings (SSSR count). The van der Waals surface area contributed by atoms with Crippen molar-refractivity contribution in [1.29, 1.82) is 0 Å². The maximum atomic E-state index is 13.2. The Morgan fingerprint density at radius 3 is 2.90 bits per heavy atom. The lowest BCUT2D eigenvalue weighted by Crippen LogP contribution is -2.12. The van der Waals surface area contributed by atoms with Crippen LogP contribution in [-0.2, 0) is 13.0 Å². The van der Waals surface area contributed by atoms with Crippen LogP contribution in [0.1, 0.15) is 11.1 Å². The molecule has 0 saturated heterocycles. The van der Waals surface area contributed by atoms with Crippen molar-refractivity contribution in [3.63, 3.8) is 0 Å². The summed E-state index contributed by atoms with van der Waals surface area (Å²) in [4.78, 5) is 2.28. The highest BCUT2D eigenvalue weighted by atomic mass is 79.9. The first-order valence-electron chi connectivity index (χ1n) is 6.65. The fourth-order valence-electron chi connectivity index (χ4n) is 2.54. The number of rotatable bonds is 3. The number of fused-ring (bicyclic) bond motifs is 1. The van der Waals surface area contributed by atoms with Gasteiger partial charge < -0.3 is 10.2 Å². The lowest BCUT2D eigenvalue weighted by molar-refractivity contribution is 0.621. The highest BCUT2D eigenvalue weighted by Crippen LogP contribution is 2.28. The molecule has 0 unspecified atom stereocenters. The van der Waals surface area contributed by atoms with Gasteiger partial charge in [0, 0.05) is 31.5 Å². The van der Waals surface area contributed by atoms with Crippen LogP contribution in [0.5, 0.6) is 0 Å². The van der Waals surface area contributed by atoms with Crippen molar-refractivity contribution >= 4 is 27.3 Å². The van der Waals surface area contributed by atoms with Crippen LogP contribution in [0.2, 0.25) is 0 Å². The molecule has 2 aromatic rings. The Morgan fingerprint density at radius 1 is 1.25 bits per heavy atom. The van der Waals surface area contributed by atoms with Gasteiger partial charge in [-0.2, -0.15) is 0 Å². The zero-order valence-corrected chi connectivity index (χ0v) is 12.9. The minimum atomic E-state index is -0.240. The monoisotopic (exact) mass is 334 g/mol. The van der Waals surface area contributed by atoms with E-state index in [1.165, 1.54) is 22.9 Å². The Hall–Kier alpha value is -1.55. The van der Waals surface area contributed by atoms with Crippen LogP contribution in [0.3, 0.4) is 0 Å². The molecule has 0 aliphatic carbocycles. The molecule has 0 fully saturated rings. The molecule has 2 nitrogen and oxygen atoms in total. The predicted molar refractivity (Wildman–Crippen MR) is 84.8 cm³/mol. The minimum absolute atomic E-state index is 0.240. The number of benzene rings is 2. The molecule has 0 saturated carbocycles. The quantitative estimate of drug-likeness (QED) is 0.905. The van der Waals surface area contributed by atoms with Gasteiger partial charge in [-0.1, -0.05) is 12.1 Å². The van der Waals surface area contributed by atoms with E-state index in [9.17, 15) is 4.39 Å². The lowest BCUT2D eigenvalue weighted by atomic mass is 10.1. The Labute approximate surface area is 126 Å². The van der Waals surface area contributed by atoms with Gasteiger partial charge in [-0.05, 0) is 57.7 Å². The molecule has 1 N–H and O–H groups in total. The highest BCUT2D eigenvalue weighted by molar-refractivity contribution is 9.10. The van der Waals surface area contributed by atoms with Gasteiger partial charge in [0.25, 0.3) is 0 Å². The van der Waals surface area contributed by atoms with Crippen LogP contribution >= 0.6 is 15.9 Å². The maximum Gasteiger partial charge on any atom is 0.137 e. The summed E-state index contributed by atoms with van der Waals surface area (Å²) in [6.07, 6.45) is 1.11. The largest absolute Gasteiger partial charge is 0.381 e. The van der Waals surface area contributed by atoms with E-state index in [2.05, 4.69) is 51.4 Å². The molecule has 0 bridgehead atoms. The normalized spacial score (nSPS) is 13.4. The van der Waals surface area contributed by atoms with Crippen molar-refractivity contribution in [2.45, 2.75) is 13.0 Å². The fourth-order valence-corrected chi connectivity index (χ4v) is 2.92. The third-order valence-corrected chi connectivity index (χ3v) is 4.30. The number of nitrogens with one attached hydrogen (secondary N) is 1. The first kappa shape index (κ1) is 13.4. The lowest BCUT2D eigenvalue weighted by Gasteiger charge is -2.13. The second-order valence-electron chi connectivity index (χ2n) is 5.12. The number of likely N-dealkylation sites (N-methyl/N-ethyl adjacent to an activating group) is 1. The van der Waals surface area contributed by atoms with E-state index in [1.54, 1.807) is 12.1 Å². The Balaban J connectivity index is 1.71. The number of halogens is 2. The number of hydrogen-bond acceptors (Lipinski definition) is 2. The van der Waals surface area contributed by atoms with Crippen molar-refractivity contribution in [3.8, 4) is 0 Å². The zero-order chi connectivity index (χ0) is 14.1. The van der Waals surface area contributed by atoms with Gasteiger partial charge in [-0.3, -0.25) is 0 Å². The molecule has 1 aliphatic heterocycles. The highest BCUT2D eigenvalue weighted by Gasteiger charge is 2.15. The van der Waals surface area contributed by atoms with E-state index >= 15 is 0 Å². The smallest absolute Gasteiger partial charge is 0.137 e. The summed E-state index contributed by atoms with van der Waals surface area (Å²) in [5.74, 6) is -0.240. The van der Waals surface area contributed by atoms with E-state index in [-0.39, 0.29) is 5.82 Å². The third kappa shape index (κ3) is 2.66. The van der Waals surface area contributed by atoms with Gasteiger partial charge in [-0.25, -0.2) is 4.39 Å². The van der Waals surface area contributed by atoms with E-state index in [0.29, 0.717) is 4.47 Å². The van der Waals surface area contributed by atoms with Crippen molar-refractivity contribution in [1.82, 2.24) is 0 Å². The predicted octanol–water partition coefficient (Wildman–Crippen LogP) is 4.19. The first-order chi connectivity index (χ1) is 9.63. The molecule has 20 heavy (non-hydrogen) atoms. The van der Waals surface area contributed by atoms with Gasteiger partial charge in [0.1, 0.15) is 5.82 Å². The molecule has 0 radical (unpaired) electrons. The second kappa shape index (κ2) is 5.44. The van der Waals surface area contributed by atoms with Crippen molar-refractivity contribution in [2.24, 2.45) is 0 Å². The number of nitrogens with zero attached hydrogens (tertiary/aromatic N) is 1. The Bertz CT molecular complexity index is 642. The Morgan fingerprint density at radius 2 is 2.10 bits per heavy atom. The molecule has 2 aromatic carbocycles. The zero-order valence-electron chi connectivity index (χ0n) is 11.3. The third-order valence-electron chi connectivity index (χ3n) is 3.69. The van der Waals surface area contributed by atoms with E-state index in [0.717, 1.165) is 25.2 Å². The molecule has 0 spiro atoms. The van der Waals surface area contributed by atoms with Crippen LogP contribution in [0, 0.1) is 5.82 Å². The van der Waals surface area contributed by atoms with Gasteiger partial charge in [-0.15, -0.1) is 0 Å². The topological polar surface area (TPSA) is 15.3 Å². The first-order valence-corrected chi connectivity index (χ1v) is 7.44. The summed E-state index contributed by atoms with van der Waals surface area (Å²) in [6.45, 7) is 1.84. The molecule has 0 atom stereocenters. The minimum Gasteiger partial charge on any atom is -0.381 e. The molecule has 4 heteroatoms. The van der Waals surface area contributed by atoms with Crippen molar-refractivity contribution in [3.05, 3.63) is 57.8 Å². The van der Waals surface area contributed by atoms with Crippen LogP contribution in [0.4, 0.5) is 15.8 Å². The van der Waals surface area contributed by atoms with Gasteiger partial charge in [0.05, 0.1) is 4.47 Å². The summed E-state index contributed by atoms with van der Waals surface area (Å²) in [7, 11) is 2.12.